The van der Waals surface area contributed by atoms with Crippen LogP contribution in [0.2, 0.25) is 0 Å². The number of fused-ring (bicyclic) bond motifs is 3. The quantitative estimate of drug-likeness (QED) is 0.689. The van der Waals surface area contributed by atoms with Gasteiger partial charge in [-0.1, -0.05) is 48.6 Å². The van der Waals surface area contributed by atoms with Gasteiger partial charge in [0.1, 0.15) is 0 Å². The zero-order valence-electron chi connectivity index (χ0n) is 8.85. The minimum absolute atomic E-state index is 0.437. The Balaban J connectivity index is 2.41. The van der Waals surface area contributed by atoms with Crippen molar-refractivity contribution in [2.45, 2.75) is 6.42 Å². The molecule has 0 aliphatic heterocycles. The highest BCUT2D eigenvalue weighted by molar-refractivity contribution is 5.62. The second-order valence-electron chi connectivity index (χ2n) is 4.05. The van der Waals surface area contributed by atoms with E-state index in [-0.39, 0.29) is 0 Å². The summed E-state index contributed by atoms with van der Waals surface area (Å²) in [5.74, 6) is 0.437. The van der Waals surface area contributed by atoms with Crippen molar-refractivity contribution in [2.75, 3.05) is 0 Å². The van der Waals surface area contributed by atoms with Gasteiger partial charge in [0, 0.05) is 6.42 Å². The number of rotatable bonds is 0. The van der Waals surface area contributed by atoms with Gasteiger partial charge in [-0.2, -0.15) is 0 Å². The largest absolute Gasteiger partial charge is 0.512 e. The summed E-state index contributed by atoms with van der Waals surface area (Å²) < 4.78 is 0. The molecule has 1 aromatic rings. The van der Waals surface area contributed by atoms with Crippen LogP contribution in [0.25, 0.3) is 18.2 Å². The Morgan fingerprint density at radius 3 is 2.75 bits per heavy atom. The fraction of sp³-hybridized carbons (Fsp3) is 0.0667. The Bertz CT molecular complexity index is 643. The first-order chi connectivity index (χ1) is 7.84. The molecule has 1 nitrogen and oxygen atoms in total. The van der Waals surface area contributed by atoms with Crippen LogP contribution in [0.5, 0.6) is 0 Å². The summed E-state index contributed by atoms with van der Waals surface area (Å²) >= 11 is 0. The number of aliphatic hydroxyl groups is 1. The van der Waals surface area contributed by atoms with E-state index in [0.717, 1.165) is 0 Å². The fourth-order valence-electron chi connectivity index (χ4n) is 2.19. The molecule has 1 aromatic carbocycles. The lowest BCUT2D eigenvalue weighted by atomic mass is 9.98. The van der Waals surface area contributed by atoms with Crippen LogP contribution in [-0.4, -0.2) is 5.11 Å². The van der Waals surface area contributed by atoms with Gasteiger partial charge in [0.2, 0.25) is 0 Å². The topological polar surface area (TPSA) is 20.2 Å². The normalized spacial score (nSPS) is 16.4. The summed E-state index contributed by atoms with van der Waals surface area (Å²) in [4.78, 5) is 0. The van der Waals surface area contributed by atoms with Crippen molar-refractivity contribution in [3.05, 3.63) is 63.8 Å². The third kappa shape index (κ3) is 1.41. The van der Waals surface area contributed by atoms with Gasteiger partial charge in [-0.05, 0) is 27.6 Å². The third-order valence-electron chi connectivity index (χ3n) is 2.99. The van der Waals surface area contributed by atoms with Gasteiger partial charge in [0.25, 0.3) is 0 Å². The van der Waals surface area contributed by atoms with E-state index < -0.39 is 0 Å². The Morgan fingerprint density at radius 2 is 1.81 bits per heavy atom. The molecule has 0 saturated carbocycles. The van der Waals surface area contributed by atoms with Crippen LogP contribution in [-0.2, 0) is 6.42 Å². The van der Waals surface area contributed by atoms with Crippen molar-refractivity contribution in [2.24, 2.45) is 0 Å². The Labute approximate surface area is 94.1 Å². The minimum Gasteiger partial charge on any atom is -0.512 e. The SMILES string of the molecule is OC1=CC=c2c(ccc3c2=CC=CC=C3)C1. The molecule has 16 heavy (non-hydrogen) atoms. The summed E-state index contributed by atoms with van der Waals surface area (Å²) in [7, 11) is 0. The lowest BCUT2D eigenvalue weighted by molar-refractivity contribution is 0.398. The standard InChI is InChI=1S/C15H12O/c16-13-8-9-15-12(10-13)7-6-11-4-2-1-3-5-14(11)15/h1-9,16H,10H2. The lowest BCUT2D eigenvalue weighted by Crippen LogP contribution is -2.32. The molecule has 78 valence electrons. The molecule has 0 unspecified atom stereocenters. The zero-order chi connectivity index (χ0) is 11.0. The Hall–Kier alpha value is -2.02. The average molecular weight is 208 g/mol. The van der Waals surface area contributed by atoms with E-state index in [1.165, 1.54) is 21.6 Å². The summed E-state index contributed by atoms with van der Waals surface area (Å²) in [6, 6.07) is 4.21. The van der Waals surface area contributed by atoms with Crippen LogP contribution < -0.4 is 10.4 Å². The van der Waals surface area contributed by atoms with Gasteiger partial charge in [-0.3, -0.25) is 0 Å². The van der Waals surface area contributed by atoms with Crippen LogP contribution in [0.4, 0.5) is 0 Å². The number of allylic oxidation sites excluding steroid dienone is 5. The number of hydrogen-bond acceptors (Lipinski definition) is 1. The molecule has 0 radical (unpaired) electrons. The summed E-state index contributed by atoms with van der Waals surface area (Å²) in [6.45, 7) is 0. The predicted molar refractivity (Wildman–Crippen MR) is 67.2 cm³/mol. The van der Waals surface area contributed by atoms with E-state index in [2.05, 4.69) is 30.4 Å². The van der Waals surface area contributed by atoms with E-state index in [9.17, 15) is 5.11 Å². The molecule has 1 N–H and O–H groups in total. The molecule has 0 fully saturated rings. The van der Waals surface area contributed by atoms with Crippen LogP contribution >= 0.6 is 0 Å². The fourth-order valence-corrected chi connectivity index (χ4v) is 2.19. The van der Waals surface area contributed by atoms with Crippen molar-refractivity contribution in [1.82, 2.24) is 0 Å². The molecule has 0 saturated heterocycles. The second-order valence-corrected chi connectivity index (χ2v) is 4.05. The van der Waals surface area contributed by atoms with Crippen molar-refractivity contribution < 1.29 is 5.11 Å². The second kappa shape index (κ2) is 3.53. The van der Waals surface area contributed by atoms with Gasteiger partial charge >= 0.3 is 0 Å². The first kappa shape index (κ1) is 9.22. The number of hydrogen-bond donors (Lipinski definition) is 1. The van der Waals surface area contributed by atoms with Gasteiger partial charge in [-0.15, -0.1) is 0 Å². The van der Waals surface area contributed by atoms with Gasteiger partial charge in [-0.25, -0.2) is 0 Å². The highest BCUT2D eigenvalue weighted by Gasteiger charge is 2.06. The molecule has 1 heteroatoms. The summed E-state index contributed by atoms with van der Waals surface area (Å²) in [6.07, 6.45) is 14.8. The van der Waals surface area contributed by atoms with E-state index in [0.29, 0.717) is 12.2 Å². The first-order valence-corrected chi connectivity index (χ1v) is 5.41. The lowest BCUT2D eigenvalue weighted by Gasteiger charge is -2.09. The zero-order valence-corrected chi connectivity index (χ0v) is 8.85. The van der Waals surface area contributed by atoms with E-state index in [1.807, 2.05) is 18.2 Å². The smallest absolute Gasteiger partial charge is 0.0966 e. The van der Waals surface area contributed by atoms with Crippen molar-refractivity contribution in [3.63, 3.8) is 0 Å². The molecule has 0 aromatic heterocycles. The third-order valence-corrected chi connectivity index (χ3v) is 2.99. The van der Waals surface area contributed by atoms with Crippen LogP contribution in [0, 0.1) is 0 Å². The van der Waals surface area contributed by atoms with Gasteiger partial charge < -0.3 is 5.11 Å². The molecule has 3 rings (SSSR count). The maximum Gasteiger partial charge on any atom is 0.0966 e. The van der Waals surface area contributed by atoms with Gasteiger partial charge in [0.05, 0.1) is 5.76 Å². The van der Waals surface area contributed by atoms with Crippen LogP contribution in [0.3, 0.4) is 0 Å². The molecular weight excluding hydrogens is 196 g/mol. The minimum atomic E-state index is 0.437. The van der Waals surface area contributed by atoms with Crippen molar-refractivity contribution >= 4 is 18.2 Å². The summed E-state index contributed by atoms with van der Waals surface area (Å²) in [5, 5.41) is 12.0. The molecule has 0 spiro atoms. The van der Waals surface area contributed by atoms with Crippen LogP contribution in [0.1, 0.15) is 11.1 Å². The van der Waals surface area contributed by atoms with E-state index >= 15 is 0 Å². The molecule has 0 atom stereocenters. The van der Waals surface area contributed by atoms with E-state index in [1.54, 1.807) is 6.08 Å². The van der Waals surface area contributed by atoms with Crippen LogP contribution in [0.15, 0.2) is 42.2 Å². The first-order valence-electron chi connectivity index (χ1n) is 5.41. The molecule has 2 aliphatic rings. The van der Waals surface area contributed by atoms with E-state index in [4.69, 9.17) is 0 Å². The predicted octanol–water partition coefficient (Wildman–Crippen LogP) is 1.83. The molecule has 0 heterocycles. The summed E-state index contributed by atoms with van der Waals surface area (Å²) in [5.41, 5.74) is 2.42. The highest BCUT2D eigenvalue weighted by Crippen LogP contribution is 2.07. The molecule has 0 amide bonds. The average Bonchev–Trinajstić information content (AvgIpc) is 2.53. The molecule has 0 bridgehead atoms. The van der Waals surface area contributed by atoms with Gasteiger partial charge in [0.15, 0.2) is 0 Å². The number of aliphatic hydroxyl groups excluding tert-OH is 1. The Kier molecular flexibility index (Phi) is 2.03. The maximum atomic E-state index is 9.51. The molecular formula is C15H12O. The highest BCUT2D eigenvalue weighted by atomic mass is 16.3. The Morgan fingerprint density at radius 1 is 0.875 bits per heavy atom. The maximum absolute atomic E-state index is 9.51. The monoisotopic (exact) mass is 208 g/mol. The number of benzene rings is 1. The van der Waals surface area contributed by atoms with Crippen molar-refractivity contribution in [1.29, 1.82) is 0 Å². The van der Waals surface area contributed by atoms with Crippen molar-refractivity contribution in [3.8, 4) is 0 Å². The molecule has 2 aliphatic carbocycles.